The van der Waals surface area contributed by atoms with Gasteiger partial charge >= 0.3 is 7.80 Å². The van der Waals surface area contributed by atoms with E-state index in [0.717, 1.165) is 12.3 Å². The lowest BCUT2D eigenvalue weighted by Crippen LogP contribution is -2.08. The lowest BCUT2D eigenvalue weighted by Gasteiger charge is -1.94. The molecule has 1 fully saturated rings. The van der Waals surface area contributed by atoms with Crippen LogP contribution in [0, 0.1) is 0 Å². The highest BCUT2D eigenvalue weighted by atomic mass is 79.9. The van der Waals surface area contributed by atoms with Gasteiger partial charge < -0.3 is 0 Å². The highest BCUT2D eigenvalue weighted by Crippen LogP contribution is 2.39. The third-order valence-corrected chi connectivity index (χ3v) is 6.38. The van der Waals surface area contributed by atoms with E-state index in [4.69, 9.17) is 0 Å². The zero-order valence-corrected chi connectivity index (χ0v) is 8.25. The minimum Gasteiger partial charge on any atom is -0.0830 e. The van der Waals surface area contributed by atoms with Crippen molar-refractivity contribution in [1.29, 1.82) is 0 Å². The Labute approximate surface area is 66.3 Å². The summed E-state index contributed by atoms with van der Waals surface area (Å²) in [6.07, 6.45) is 1.68. The van der Waals surface area contributed by atoms with Gasteiger partial charge in [-0.1, -0.05) is 36.4 Å². The Morgan fingerprint density at radius 3 is 1.75 bits per heavy atom. The first-order valence-electron chi connectivity index (χ1n) is 2.40. The average Bonchev–Trinajstić information content (AvgIpc) is 1.85. The standard InChI is InChI=1S/C4H6Br2OP/c5-3-1-8(7)2-4(3)6/h3-4H,1-2H2/q+1. The minimum atomic E-state index is -0.887. The summed E-state index contributed by atoms with van der Waals surface area (Å²) < 4.78 is 10.8. The molecule has 1 heterocycles. The maximum Gasteiger partial charge on any atom is 0.341 e. The number of rotatable bonds is 0. The van der Waals surface area contributed by atoms with Crippen LogP contribution in [-0.2, 0) is 4.57 Å². The number of halogens is 2. The van der Waals surface area contributed by atoms with E-state index in [0.29, 0.717) is 9.65 Å². The largest absolute Gasteiger partial charge is 0.341 e. The molecule has 46 valence electrons. The second-order valence-electron chi connectivity index (χ2n) is 1.88. The predicted octanol–water partition coefficient (Wildman–Crippen LogP) is 2.35. The van der Waals surface area contributed by atoms with E-state index >= 15 is 0 Å². The summed E-state index contributed by atoms with van der Waals surface area (Å²) in [5, 5.41) is 0. The Morgan fingerprint density at radius 2 is 1.62 bits per heavy atom. The fourth-order valence-corrected chi connectivity index (χ4v) is 5.02. The highest BCUT2D eigenvalue weighted by Gasteiger charge is 2.38. The monoisotopic (exact) mass is 259 g/mol. The number of hydrogen-bond acceptors (Lipinski definition) is 1. The van der Waals surface area contributed by atoms with Crippen LogP contribution in [0.2, 0.25) is 0 Å². The first kappa shape index (κ1) is 7.17. The Bertz CT molecular complexity index is 105. The van der Waals surface area contributed by atoms with Crippen molar-refractivity contribution in [3.05, 3.63) is 0 Å². The van der Waals surface area contributed by atoms with Gasteiger partial charge in [-0.05, 0) is 0 Å². The molecule has 1 nitrogen and oxygen atoms in total. The van der Waals surface area contributed by atoms with Gasteiger partial charge in [0.15, 0.2) is 12.3 Å². The molecule has 8 heavy (non-hydrogen) atoms. The van der Waals surface area contributed by atoms with Gasteiger partial charge in [0.05, 0.1) is 9.65 Å². The van der Waals surface area contributed by atoms with Crippen molar-refractivity contribution in [1.82, 2.24) is 0 Å². The summed E-state index contributed by atoms with van der Waals surface area (Å²) in [7, 11) is -0.887. The minimum absolute atomic E-state index is 0.436. The third kappa shape index (κ3) is 1.52. The molecule has 0 aromatic heterocycles. The molecule has 1 rings (SSSR count). The van der Waals surface area contributed by atoms with E-state index in [9.17, 15) is 4.57 Å². The van der Waals surface area contributed by atoms with Gasteiger partial charge in [0.2, 0.25) is 0 Å². The zero-order chi connectivity index (χ0) is 6.15. The van der Waals surface area contributed by atoms with Crippen LogP contribution in [0.1, 0.15) is 0 Å². The van der Waals surface area contributed by atoms with Crippen molar-refractivity contribution in [2.75, 3.05) is 12.3 Å². The molecule has 0 saturated carbocycles. The molecule has 0 N–H and O–H groups in total. The molecule has 0 aliphatic carbocycles. The van der Waals surface area contributed by atoms with Crippen molar-refractivity contribution in [2.24, 2.45) is 0 Å². The molecule has 0 aromatic carbocycles. The molecular formula is C4H6Br2OP+. The van der Waals surface area contributed by atoms with E-state index in [1.165, 1.54) is 0 Å². The summed E-state index contributed by atoms with van der Waals surface area (Å²) in [5.41, 5.74) is 0. The first-order chi connectivity index (χ1) is 3.70. The molecule has 0 amide bonds. The highest BCUT2D eigenvalue weighted by molar-refractivity contribution is 9.12. The van der Waals surface area contributed by atoms with Crippen LogP contribution in [0.15, 0.2) is 0 Å². The average molecular weight is 261 g/mol. The third-order valence-electron chi connectivity index (χ3n) is 1.15. The van der Waals surface area contributed by atoms with Gasteiger partial charge in [0.1, 0.15) is 0 Å². The van der Waals surface area contributed by atoms with E-state index in [2.05, 4.69) is 31.9 Å². The van der Waals surface area contributed by atoms with Gasteiger partial charge in [-0.3, -0.25) is 0 Å². The Balaban J connectivity index is 2.51. The van der Waals surface area contributed by atoms with Crippen molar-refractivity contribution < 1.29 is 4.57 Å². The second-order valence-corrected chi connectivity index (χ2v) is 5.93. The summed E-state index contributed by atoms with van der Waals surface area (Å²) >= 11 is 6.83. The molecule has 0 radical (unpaired) electrons. The molecule has 1 saturated heterocycles. The van der Waals surface area contributed by atoms with Crippen LogP contribution in [0.3, 0.4) is 0 Å². The summed E-state index contributed by atoms with van der Waals surface area (Å²) in [6.45, 7) is 0. The quantitative estimate of drug-likeness (QED) is 0.483. The van der Waals surface area contributed by atoms with E-state index in [-0.39, 0.29) is 0 Å². The number of hydrogen-bond donors (Lipinski definition) is 0. The van der Waals surface area contributed by atoms with Gasteiger partial charge in [0, 0.05) is 0 Å². The van der Waals surface area contributed by atoms with Gasteiger partial charge in [-0.2, -0.15) is 0 Å². The molecule has 2 atom stereocenters. The van der Waals surface area contributed by atoms with Crippen LogP contribution in [0.4, 0.5) is 0 Å². The normalized spacial score (nSPS) is 43.0. The fourth-order valence-electron chi connectivity index (χ4n) is 0.692. The second kappa shape index (κ2) is 2.76. The molecule has 1 aliphatic heterocycles. The Morgan fingerprint density at radius 1 is 1.25 bits per heavy atom. The van der Waals surface area contributed by atoms with Crippen LogP contribution < -0.4 is 0 Å². The van der Waals surface area contributed by atoms with E-state index in [1.807, 2.05) is 0 Å². The smallest absolute Gasteiger partial charge is 0.0830 e. The first-order valence-corrected chi connectivity index (χ1v) is 5.86. The van der Waals surface area contributed by atoms with E-state index < -0.39 is 7.80 Å². The molecule has 4 heteroatoms. The van der Waals surface area contributed by atoms with Crippen molar-refractivity contribution in [3.8, 4) is 0 Å². The number of alkyl halides is 2. The van der Waals surface area contributed by atoms with Crippen molar-refractivity contribution in [3.63, 3.8) is 0 Å². The maximum atomic E-state index is 10.8. The topological polar surface area (TPSA) is 17.1 Å². The van der Waals surface area contributed by atoms with Crippen molar-refractivity contribution in [2.45, 2.75) is 9.65 Å². The van der Waals surface area contributed by atoms with Crippen LogP contribution in [-0.4, -0.2) is 22.0 Å². The summed E-state index contributed by atoms with van der Waals surface area (Å²) in [5.74, 6) is 0. The molecule has 2 unspecified atom stereocenters. The van der Waals surface area contributed by atoms with Gasteiger partial charge in [-0.25, -0.2) is 0 Å². The summed E-state index contributed by atoms with van der Waals surface area (Å²) in [6, 6.07) is 0. The lowest BCUT2D eigenvalue weighted by molar-refractivity contribution is 0.591. The molecule has 0 spiro atoms. The van der Waals surface area contributed by atoms with Gasteiger partial charge in [-0.15, -0.1) is 0 Å². The Kier molecular flexibility index (Phi) is 2.48. The van der Waals surface area contributed by atoms with E-state index in [1.54, 1.807) is 0 Å². The van der Waals surface area contributed by atoms with Crippen LogP contribution >= 0.6 is 39.7 Å². The maximum absolute atomic E-state index is 10.8. The molecule has 0 aromatic rings. The predicted molar refractivity (Wildman–Crippen MR) is 42.8 cm³/mol. The lowest BCUT2D eigenvalue weighted by atomic mass is 10.4. The van der Waals surface area contributed by atoms with Crippen LogP contribution in [0.25, 0.3) is 0 Å². The van der Waals surface area contributed by atoms with Crippen molar-refractivity contribution >= 4 is 39.7 Å². The molecule has 0 bridgehead atoms. The SMILES string of the molecule is O=[P+]1CC(Br)C(Br)C1. The van der Waals surface area contributed by atoms with Crippen LogP contribution in [0.5, 0.6) is 0 Å². The van der Waals surface area contributed by atoms with Gasteiger partial charge in [0.25, 0.3) is 0 Å². The fraction of sp³-hybridized carbons (Fsp3) is 1.00. The zero-order valence-electron chi connectivity index (χ0n) is 4.18. The Hall–Kier alpha value is 1.06. The molecule has 1 aliphatic rings. The summed E-state index contributed by atoms with van der Waals surface area (Å²) in [4.78, 5) is 0.872. The molecular weight excluding hydrogens is 255 g/mol.